The highest BCUT2D eigenvalue weighted by atomic mass is 35.5. The van der Waals surface area contributed by atoms with E-state index in [-0.39, 0.29) is 29.5 Å². The van der Waals surface area contributed by atoms with Crippen molar-refractivity contribution in [1.82, 2.24) is 25.4 Å². The van der Waals surface area contributed by atoms with E-state index < -0.39 is 0 Å². The molecular formula is C24H24ClN5O3. The first kappa shape index (κ1) is 21.5. The van der Waals surface area contributed by atoms with E-state index in [1.807, 2.05) is 37.3 Å². The molecule has 0 aliphatic heterocycles. The lowest BCUT2D eigenvalue weighted by molar-refractivity contribution is -0.141. The fraction of sp³-hybridized carbons (Fsp3) is 0.333. The molecule has 2 bridgehead atoms. The number of carbonyl (C=O) groups excluding carboxylic acids is 2. The van der Waals surface area contributed by atoms with Crippen LogP contribution in [0.2, 0.25) is 5.02 Å². The van der Waals surface area contributed by atoms with Crippen LogP contribution in [0.1, 0.15) is 40.7 Å². The number of rotatable bonds is 8. The van der Waals surface area contributed by atoms with Gasteiger partial charge in [0.1, 0.15) is 18.4 Å². The van der Waals surface area contributed by atoms with Crippen molar-refractivity contribution in [2.75, 3.05) is 6.61 Å². The van der Waals surface area contributed by atoms with Crippen molar-refractivity contribution in [2.45, 2.75) is 43.8 Å². The first-order chi connectivity index (χ1) is 15.8. The van der Waals surface area contributed by atoms with Crippen LogP contribution >= 0.6 is 11.6 Å². The zero-order valence-electron chi connectivity index (χ0n) is 18.2. The summed E-state index contributed by atoms with van der Waals surface area (Å²) < 4.78 is 7.30. The topological polar surface area (TPSA) is 98.1 Å². The fourth-order valence-corrected chi connectivity index (χ4v) is 4.93. The Hall–Kier alpha value is -3.39. The molecule has 3 saturated carbocycles. The van der Waals surface area contributed by atoms with Gasteiger partial charge in [-0.25, -0.2) is 9.67 Å². The lowest BCUT2D eigenvalue weighted by Crippen LogP contribution is -2.84. The molecule has 0 radical (unpaired) electrons. The second-order valence-electron chi connectivity index (χ2n) is 9.08. The largest absolute Gasteiger partial charge is 0.484 e. The zero-order valence-corrected chi connectivity index (χ0v) is 18.9. The SMILES string of the molecule is Cc1cc(OCC(=O)NC23CC(NC(=O)c4ccc(Cn5cncn5)cc4)(C2)C3)ccc1Cl. The van der Waals surface area contributed by atoms with Crippen LogP contribution in [-0.2, 0) is 11.3 Å². The van der Waals surface area contributed by atoms with Crippen LogP contribution in [0.5, 0.6) is 5.75 Å². The highest BCUT2D eigenvalue weighted by Crippen LogP contribution is 2.60. The Bertz CT molecular complexity index is 1170. The first-order valence-corrected chi connectivity index (χ1v) is 11.2. The Morgan fingerprint density at radius 3 is 2.48 bits per heavy atom. The summed E-state index contributed by atoms with van der Waals surface area (Å²) in [6, 6.07) is 12.8. The van der Waals surface area contributed by atoms with Crippen molar-refractivity contribution >= 4 is 23.4 Å². The van der Waals surface area contributed by atoms with Gasteiger partial charge in [0.25, 0.3) is 11.8 Å². The molecule has 2 aromatic carbocycles. The molecule has 0 spiro atoms. The lowest BCUT2D eigenvalue weighted by Gasteiger charge is -2.70. The van der Waals surface area contributed by atoms with E-state index in [1.54, 1.807) is 23.1 Å². The van der Waals surface area contributed by atoms with Crippen LogP contribution in [0, 0.1) is 6.92 Å². The smallest absolute Gasteiger partial charge is 0.258 e. The minimum Gasteiger partial charge on any atom is -0.484 e. The van der Waals surface area contributed by atoms with E-state index in [2.05, 4.69) is 20.7 Å². The Labute approximate surface area is 196 Å². The van der Waals surface area contributed by atoms with Crippen molar-refractivity contribution in [1.29, 1.82) is 0 Å². The first-order valence-electron chi connectivity index (χ1n) is 10.8. The minimum absolute atomic E-state index is 0.0525. The zero-order chi connectivity index (χ0) is 23.1. The Balaban J connectivity index is 1.07. The molecule has 0 atom stereocenters. The van der Waals surface area contributed by atoms with Gasteiger partial charge in [0.15, 0.2) is 6.61 Å². The number of carbonyl (C=O) groups is 2. The monoisotopic (exact) mass is 465 g/mol. The molecule has 0 saturated heterocycles. The summed E-state index contributed by atoms with van der Waals surface area (Å²) >= 11 is 6.01. The summed E-state index contributed by atoms with van der Waals surface area (Å²) in [5.74, 6) is 0.356. The maximum absolute atomic E-state index is 12.7. The van der Waals surface area contributed by atoms with Crippen LogP contribution in [0.4, 0.5) is 0 Å². The number of aromatic nitrogens is 3. The third-order valence-electron chi connectivity index (χ3n) is 6.34. The van der Waals surface area contributed by atoms with Gasteiger partial charge in [-0.3, -0.25) is 9.59 Å². The van der Waals surface area contributed by atoms with Gasteiger partial charge in [0.05, 0.1) is 6.54 Å². The second kappa shape index (κ2) is 8.19. The van der Waals surface area contributed by atoms with Crippen LogP contribution in [0.25, 0.3) is 0 Å². The molecule has 9 heteroatoms. The molecule has 3 aromatic rings. The Kier molecular flexibility index (Phi) is 5.32. The van der Waals surface area contributed by atoms with Crippen molar-refractivity contribution in [3.63, 3.8) is 0 Å². The van der Waals surface area contributed by atoms with E-state index in [0.29, 0.717) is 22.9 Å². The molecular weight excluding hydrogens is 442 g/mol. The average Bonchev–Trinajstić information content (AvgIpc) is 3.25. The van der Waals surface area contributed by atoms with E-state index in [0.717, 1.165) is 30.4 Å². The number of hydrogen-bond donors (Lipinski definition) is 2. The summed E-state index contributed by atoms with van der Waals surface area (Å²) in [6.07, 6.45) is 5.36. The van der Waals surface area contributed by atoms with Crippen LogP contribution in [0.15, 0.2) is 55.1 Å². The van der Waals surface area contributed by atoms with E-state index in [1.165, 1.54) is 6.33 Å². The predicted molar refractivity (Wildman–Crippen MR) is 122 cm³/mol. The number of benzene rings is 2. The number of ether oxygens (including phenoxy) is 1. The third-order valence-corrected chi connectivity index (χ3v) is 6.76. The normalized spacial score (nSPS) is 22.6. The van der Waals surface area contributed by atoms with Crippen molar-refractivity contribution in [3.8, 4) is 5.75 Å². The molecule has 8 nitrogen and oxygen atoms in total. The molecule has 3 aliphatic carbocycles. The van der Waals surface area contributed by atoms with Crippen LogP contribution in [0.3, 0.4) is 0 Å². The van der Waals surface area contributed by atoms with Crippen molar-refractivity contribution in [2.24, 2.45) is 0 Å². The fourth-order valence-electron chi connectivity index (χ4n) is 4.82. The summed E-state index contributed by atoms with van der Waals surface area (Å²) in [6.45, 7) is 2.44. The highest BCUT2D eigenvalue weighted by molar-refractivity contribution is 6.31. The maximum atomic E-state index is 12.7. The number of nitrogens with one attached hydrogen (secondary N) is 2. The van der Waals surface area contributed by atoms with Gasteiger partial charge in [0, 0.05) is 21.7 Å². The van der Waals surface area contributed by atoms with Crippen molar-refractivity contribution in [3.05, 3.63) is 76.8 Å². The van der Waals surface area contributed by atoms with E-state index in [9.17, 15) is 9.59 Å². The molecule has 3 aliphatic rings. The van der Waals surface area contributed by atoms with Gasteiger partial charge in [-0.2, -0.15) is 5.10 Å². The molecule has 6 rings (SSSR count). The van der Waals surface area contributed by atoms with Gasteiger partial charge in [-0.1, -0.05) is 23.7 Å². The Morgan fingerprint density at radius 1 is 1.09 bits per heavy atom. The minimum atomic E-state index is -0.231. The molecule has 170 valence electrons. The molecule has 0 unspecified atom stereocenters. The van der Waals surface area contributed by atoms with Gasteiger partial charge in [-0.05, 0) is 67.6 Å². The van der Waals surface area contributed by atoms with E-state index in [4.69, 9.17) is 16.3 Å². The summed E-state index contributed by atoms with van der Waals surface area (Å²) in [5, 5.41) is 11.0. The highest BCUT2D eigenvalue weighted by Gasteiger charge is 2.69. The predicted octanol–water partition coefficient (Wildman–Crippen LogP) is 2.89. The van der Waals surface area contributed by atoms with Crippen molar-refractivity contribution < 1.29 is 14.3 Å². The van der Waals surface area contributed by atoms with Gasteiger partial charge >= 0.3 is 0 Å². The van der Waals surface area contributed by atoms with Gasteiger partial charge < -0.3 is 15.4 Å². The third kappa shape index (κ3) is 4.43. The molecule has 2 amide bonds. The molecule has 3 fully saturated rings. The lowest BCUT2D eigenvalue weighted by atomic mass is 9.44. The Morgan fingerprint density at radius 2 is 1.82 bits per heavy atom. The molecule has 1 heterocycles. The average molecular weight is 466 g/mol. The number of amides is 2. The number of aryl methyl sites for hydroxylation is 1. The van der Waals surface area contributed by atoms with Gasteiger partial charge in [0.2, 0.25) is 0 Å². The maximum Gasteiger partial charge on any atom is 0.258 e. The van der Waals surface area contributed by atoms with Gasteiger partial charge in [-0.15, -0.1) is 0 Å². The second-order valence-corrected chi connectivity index (χ2v) is 9.49. The molecule has 2 N–H and O–H groups in total. The standard InChI is InChI=1S/C24H24ClN5O3/c1-16-8-19(6-7-20(16)25)33-10-21(31)28-23-11-24(12-23,13-23)29-22(32)18-4-2-17(3-5-18)9-30-15-26-14-27-30/h2-8,14-15H,9-13H2,1H3,(H,28,31)(H,29,32). The number of nitrogens with zero attached hydrogens (tertiary/aromatic N) is 3. The number of halogens is 1. The summed E-state index contributed by atoms with van der Waals surface area (Å²) in [7, 11) is 0. The summed E-state index contributed by atoms with van der Waals surface area (Å²) in [4.78, 5) is 29.0. The van der Waals surface area contributed by atoms with Crippen LogP contribution in [-0.4, -0.2) is 44.3 Å². The van der Waals surface area contributed by atoms with E-state index >= 15 is 0 Å². The quantitative estimate of drug-likeness (QED) is 0.533. The summed E-state index contributed by atoms with van der Waals surface area (Å²) in [5.41, 5.74) is 2.10. The van der Waals surface area contributed by atoms with Crippen LogP contribution < -0.4 is 15.4 Å². The molecule has 33 heavy (non-hydrogen) atoms. The number of hydrogen-bond acceptors (Lipinski definition) is 5. The molecule has 1 aromatic heterocycles.